The Morgan fingerprint density at radius 2 is 1.77 bits per heavy atom. The Bertz CT molecular complexity index is 680. The third-order valence-electron chi connectivity index (χ3n) is 3.56. The van der Waals surface area contributed by atoms with Crippen molar-refractivity contribution in [1.29, 1.82) is 0 Å². The number of nitrogens with one attached hydrogen (secondary N) is 1. The van der Waals surface area contributed by atoms with Gasteiger partial charge in [-0.05, 0) is 28.7 Å². The Morgan fingerprint density at radius 1 is 1.09 bits per heavy atom. The van der Waals surface area contributed by atoms with E-state index >= 15 is 0 Å². The maximum Gasteiger partial charge on any atom is 0.240 e. The standard InChI is InChI=1S/C18H22N2O2/c1-12(2)9-16(18(19)22)20-17(21)11-13-7-8-14-5-3-4-6-15(14)10-13/h3-8,10,12,16H,9,11H2,1-2H3,(H2,19,22)(H,20,21)/t16-/m0/s1. The van der Waals surface area contributed by atoms with Gasteiger partial charge in [-0.2, -0.15) is 0 Å². The van der Waals surface area contributed by atoms with Crippen LogP contribution in [0.5, 0.6) is 0 Å². The van der Waals surface area contributed by atoms with E-state index in [2.05, 4.69) is 5.32 Å². The molecular weight excluding hydrogens is 276 g/mol. The number of hydrogen-bond donors (Lipinski definition) is 2. The van der Waals surface area contributed by atoms with E-state index in [-0.39, 0.29) is 12.3 Å². The summed E-state index contributed by atoms with van der Waals surface area (Å²) in [5, 5.41) is 4.97. The normalized spacial score (nSPS) is 12.3. The first-order valence-corrected chi connectivity index (χ1v) is 7.52. The summed E-state index contributed by atoms with van der Waals surface area (Å²) in [5.74, 6) is -0.376. The molecule has 0 aliphatic heterocycles. The predicted octanol–water partition coefficient (Wildman–Crippen LogP) is 2.40. The highest BCUT2D eigenvalue weighted by Gasteiger charge is 2.19. The fourth-order valence-corrected chi connectivity index (χ4v) is 2.50. The van der Waals surface area contributed by atoms with Crippen LogP contribution < -0.4 is 11.1 Å². The summed E-state index contributed by atoms with van der Waals surface area (Å²) < 4.78 is 0. The van der Waals surface area contributed by atoms with Gasteiger partial charge in [-0.3, -0.25) is 9.59 Å². The Hall–Kier alpha value is -2.36. The molecule has 2 amide bonds. The Labute approximate surface area is 130 Å². The summed E-state index contributed by atoms with van der Waals surface area (Å²) in [6.07, 6.45) is 0.797. The van der Waals surface area contributed by atoms with E-state index in [0.717, 1.165) is 16.3 Å². The van der Waals surface area contributed by atoms with Crippen molar-refractivity contribution in [3.8, 4) is 0 Å². The quantitative estimate of drug-likeness (QED) is 0.859. The van der Waals surface area contributed by atoms with E-state index in [9.17, 15) is 9.59 Å². The summed E-state index contributed by atoms with van der Waals surface area (Å²) in [5.41, 5.74) is 6.27. The van der Waals surface area contributed by atoms with Crippen molar-refractivity contribution < 1.29 is 9.59 Å². The van der Waals surface area contributed by atoms with E-state index in [1.807, 2.05) is 56.3 Å². The molecule has 0 saturated carbocycles. The van der Waals surface area contributed by atoms with Gasteiger partial charge in [0, 0.05) is 0 Å². The van der Waals surface area contributed by atoms with E-state index in [4.69, 9.17) is 5.73 Å². The van der Waals surface area contributed by atoms with Crippen LogP contribution in [0.1, 0.15) is 25.8 Å². The van der Waals surface area contributed by atoms with Crippen molar-refractivity contribution >= 4 is 22.6 Å². The third-order valence-corrected chi connectivity index (χ3v) is 3.56. The fourth-order valence-electron chi connectivity index (χ4n) is 2.50. The second kappa shape index (κ2) is 7.07. The van der Waals surface area contributed by atoms with Gasteiger partial charge in [0.2, 0.25) is 11.8 Å². The van der Waals surface area contributed by atoms with Crippen LogP contribution in [0.25, 0.3) is 10.8 Å². The number of nitrogens with two attached hydrogens (primary N) is 1. The second-order valence-corrected chi connectivity index (χ2v) is 6.01. The van der Waals surface area contributed by atoms with Crippen molar-refractivity contribution in [3.05, 3.63) is 48.0 Å². The lowest BCUT2D eigenvalue weighted by Crippen LogP contribution is -2.45. The van der Waals surface area contributed by atoms with E-state index < -0.39 is 11.9 Å². The van der Waals surface area contributed by atoms with Gasteiger partial charge in [-0.1, -0.05) is 56.3 Å². The number of primary amides is 1. The van der Waals surface area contributed by atoms with Crippen LogP contribution in [0.4, 0.5) is 0 Å². The van der Waals surface area contributed by atoms with Crippen LogP contribution in [0.3, 0.4) is 0 Å². The highest BCUT2D eigenvalue weighted by molar-refractivity contribution is 5.88. The molecule has 0 aliphatic rings. The zero-order chi connectivity index (χ0) is 16.1. The summed E-state index contributed by atoms with van der Waals surface area (Å²) in [7, 11) is 0. The van der Waals surface area contributed by atoms with Gasteiger partial charge in [-0.15, -0.1) is 0 Å². The minimum Gasteiger partial charge on any atom is -0.368 e. The van der Waals surface area contributed by atoms with Crippen LogP contribution in [0.2, 0.25) is 0 Å². The molecule has 0 fully saturated rings. The molecule has 2 rings (SSSR count). The largest absolute Gasteiger partial charge is 0.368 e. The van der Waals surface area contributed by atoms with Gasteiger partial charge >= 0.3 is 0 Å². The van der Waals surface area contributed by atoms with Gasteiger partial charge < -0.3 is 11.1 Å². The monoisotopic (exact) mass is 298 g/mol. The molecule has 0 unspecified atom stereocenters. The van der Waals surface area contributed by atoms with E-state index in [1.54, 1.807) is 0 Å². The van der Waals surface area contributed by atoms with Crippen molar-refractivity contribution in [3.63, 3.8) is 0 Å². The van der Waals surface area contributed by atoms with Gasteiger partial charge in [0.15, 0.2) is 0 Å². The number of benzene rings is 2. The van der Waals surface area contributed by atoms with Crippen LogP contribution in [0, 0.1) is 5.92 Å². The van der Waals surface area contributed by atoms with Gasteiger partial charge in [0.25, 0.3) is 0 Å². The lowest BCUT2D eigenvalue weighted by atomic mass is 10.0. The summed E-state index contributed by atoms with van der Waals surface area (Å²) >= 11 is 0. The fraction of sp³-hybridized carbons (Fsp3) is 0.333. The number of carbonyl (C=O) groups is 2. The molecule has 2 aromatic carbocycles. The minimum atomic E-state index is -0.604. The molecule has 3 N–H and O–H groups in total. The highest BCUT2D eigenvalue weighted by atomic mass is 16.2. The molecule has 0 heterocycles. The van der Waals surface area contributed by atoms with E-state index in [0.29, 0.717) is 12.3 Å². The zero-order valence-electron chi connectivity index (χ0n) is 13.0. The van der Waals surface area contributed by atoms with Gasteiger partial charge in [0.1, 0.15) is 6.04 Å². The average Bonchev–Trinajstić information content (AvgIpc) is 2.45. The summed E-state index contributed by atoms with van der Waals surface area (Å²) in [6, 6.07) is 13.3. The first kappa shape index (κ1) is 16.0. The molecule has 0 saturated heterocycles. The van der Waals surface area contributed by atoms with Crippen molar-refractivity contribution in [2.45, 2.75) is 32.7 Å². The average molecular weight is 298 g/mol. The molecular formula is C18H22N2O2. The lowest BCUT2D eigenvalue weighted by Gasteiger charge is -2.17. The Morgan fingerprint density at radius 3 is 2.41 bits per heavy atom. The molecule has 0 radical (unpaired) electrons. The third kappa shape index (κ3) is 4.32. The maximum atomic E-state index is 12.1. The molecule has 0 aromatic heterocycles. The highest BCUT2D eigenvalue weighted by Crippen LogP contribution is 2.16. The SMILES string of the molecule is CC(C)C[C@H](NC(=O)Cc1ccc2ccccc2c1)C(N)=O. The number of carbonyl (C=O) groups excluding carboxylic acids is 2. The van der Waals surface area contributed by atoms with Gasteiger partial charge in [0.05, 0.1) is 6.42 Å². The number of amides is 2. The summed E-state index contributed by atoms with van der Waals surface area (Å²) in [6.45, 7) is 3.98. The van der Waals surface area contributed by atoms with Crippen molar-refractivity contribution in [1.82, 2.24) is 5.32 Å². The van der Waals surface area contributed by atoms with Crippen LogP contribution in [-0.2, 0) is 16.0 Å². The minimum absolute atomic E-state index is 0.181. The second-order valence-electron chi connectivity index (χ2n) is 6.01. The molecule has 2 aromatic rings. The molecule has 0 bridgehead atoms. The van der Waals surface area contributed by atoms with Crippen LogP contribution >= 0.6 is 0 Å². The topological polar surface area (TPSA) is 72.2 Å². The number of fused-ring (bicyclic) bond motifs is 1. The van der Waals surface area contributed by atoms with Crippen LogP contribution in [0.15, 0.2) is 42.5 Å². The smallest absolute Gasteiger partial charge is 0.240 e. The van der Waals surface area contributed by atoms with Gasteiger partial charge in [-0.25, -0.2) is 0 Å². The molecule has 4 heteroatoms. The van der Waals surface area contributed by atoms with Crippen molar-refractivity contribution in [2.24, 2.45) is 11.7 Å². The van der Waals surface area contributed by atoms with Crippen LogP contribution in [-0.4, -0.2) is 17.9 Å². The maximum absolute atomic E-state index is 12.1. The first-order valence-electron chi connectivity index (χ1n) is 7.52. The molecule has 0 spiro atoms. The van der Waals surface area contributed by atoms with E-state index in [1.165, 1.54) is 0 Å². The molecule has 22 heavy (non-hydrogen) atoms. The Kier molecular flexibility index (Phi) is 5.15. The molecule has 4 nitrogen and oxygen atoms in total. The molecule has 1 atom stereocenters. The predicted molar refractivity (Wildman–Crippen MR) is 88.2 cm³/mol. The summed E-state index contributed by atoms with van der Waals surface area (Å²) in [4.78, 5) is 23.5. The Balaban J connectivity index is 2.04. The molecule has 0 aliphatic carbocycles. The number of hydrogen-bond acceptors (Lipinski definition) is 2. The van der Waals surface area contributed by atoms with Crippen molar-refractivity contribution in [2.75, 3.05) is 0 Å². The molecule has 116 valence electrons. The zero-order valence-corrected chi connectivity index (χ0v) is 13.0. The first-order chi connectivity index (χ1) is 10.5. The number of rotatable bonds is 6. The lowest BCUT2D eigenvalue weighted by molar-refractivity contribution is -0.127.